The number of benzene rings is 1. The Labute approximate surface area is 94.6 Å². The summed E-state index contributed by atoms with van der Waals surface area (Å²) in [6.45, 7) is 0. The zero-order chi connectivity index (χ0) is 11.0. The van der Waals surface area contributed by atoms with Crippen LogP contribution in [0, 0.1) is 0 Å². The van der Waals surface area contributed by atoms with E-state index in [2.05, 4.69) is 23.2 Å². The fourth-order valence-corrected chi connectivity index (χ4v) is 2.05. The molecule has 0 radical (unpaired) electrons. The molecule has 1 fully saturated rings. The van der Waals surface area contributed by atoms with Gasteiger partial charge in [-0.1, -0.05) is 18.2 Å². The number of nitrogens with two attached hydrogens (primary N) is 1. The zero-order valence-corrected chi connectivity index (χ0v) is 9.13. The maximum atomic E-state index is 6.03. The first-order valence-electron chi connectivity index (χ1n) is 5.74. The lowest BCUT2D eigenvalue weighted by Crippen LogP contribution is -2.26. The SMILES string of the molecule is NC(=NC1CCC1)n1ccc2ccccc21. The van der Waals surface area contributed by atoms with Crippen LogP contribution in [0.5, 0.6) is 0 Å². The molecule has 82 valence electrons. The van der Waals surface area contributed by atoms with Crippen LogP contribution in [0.25, 0.3) is 10.9 Å². The van der Waals surface area contributed by atoms with Crippen LogP contribution in [0.1, 0.15) is 19.3 Å². The van der Waals surface area contributed by atoms with Gasteiger partial charge in [0.25, 0.3) is 0 Å². The summed E-state index contributed by atoms with van der Waals surface area (Å²) in [6, 6.07) is 10.7. The van der Waals surface area contributed by atoms with E-state index in [-0.39, 0.29) is 0 Å². The van der Waals surface area contributed by atoms with E-state index in [0.29, 0.717) is 12.0 Å². The van der Waals surface area contributed by atoms with Crippen molar-refractivity contribution in [1.82, 2.24) is 4.57 Å². The fraction of sp³-hybridized carbons (Fsp3) is 0.308. The molecule has 16 heavy (non-hydrogen) atoms. The average molecular weight is 213 g/mol. The van der Waals surface area contributed by atoms with Crippen molar-refractivity contribution >= 4 is 16.9 Å². The van der Waals surface area contributed by atoms with Gasteiger partial charge in [0.05, 0.1) is 11.6 Å². The van der Waals surface area contributed by atoms with Gasteiger partial charge >= 0.3 is 0 Å². The van der Waals surface area contributed by atoms with Crippen molar-refractivity contribution in [1.29, 1.82) is 0 Å². The third-order valence-electron chi connectivity index (χ3n) is 3.24. The second-order valence-electron chi connectivity index (χ2n) is 4.32. The normalized spacial score (nSPS) is 17.6. The minimum absolute atomic E-state index is 0.446. The molecule has 1 aromatic carbocycles. The Hall–Kier alpha value is -1.77. The van der Waals surface area contributed by atoms with Crippen LogP contribution < -0.4 is 5.73 Å². The van der Waals surface area contributed by atoms with E-state index < -0.39 is 0 Å². The van der Waals surface area contributed by atoms with Crippen LogP contribution in [-0.2, 0) is 0 Å². The van der Waals surface area contributed by atoms with E-state index in [1.165, 1.54) is 24.6 Å². The van der Waals surface area contributed by atoms with Crippen molar-refractivity contribution in [2.75, 3.05) is 0 Å². The molecular weight excluding hydrogens is 198 g/mol. The van der Waals surface area contributed by atoms with Gasteiger partial charge in [-0.3, -0.25) is 4.57 Å². The number of aliphatic imine (C=N–C) groups is 1. The van der Waals surface area contributed by atoms with Gasteiger partial charge in [-0.05, 0) is 31.4 Å². The van der Waals surface area contributed by atoms with Gasteiger partial charge in [-0.15, -0.1) is 0 Å². The number of hydrogen-bond acceptors (Lipinski definition) is 1. The first-order valence-corrected chi connectivity index (χ1v) is 5.74. The maximum Gasteiger partial charge on any atom is 0.200 e. The predicted molar refractivity (Wildman–Crippen MR) is 66.6 cm³/mol. The van der Waals surface area contributed by atoms with Crippen molar-refractivity contribution in [3.05, 3.63) is 36.5 Å². The lowest BCUT2D eigenvalue weighted by molar-refractivity contribution is 0.419. The van der Waals surface area contributed by atoms with E-state index in [1.807, 2.05) is 22.9 Å². The molecule has 1 aromatic heterocycles. The molecule has 3 rings (SSSR count). The Morgan fingerprint density at radius 1 is 1.25 bits per heavy atom. The lowest BCUT2D eigenvalue weighted by atomic mass is 9.94. The number of hydrogen-bond donors (Lipinski definition) is 1. The number of rotatable bonds is 1. The van der Waals surface area contributed by atoms with Crippen molar-refractivity contribution in [3.63, 3.8) is 0 Å². The maximum absolute atomic E-state index is 6.03. The highest BCUT2D eigenvalue weighted by atomic mass is 15.1. The summed E-state index contributed by atoms with van der Waals surface area (Å²) in [4.78, 5) is 4.53. The molecular formula is C13H15N3. The predicted octanol–water partition coefficient (Wildman–Crippen LogP) is 2.36. The Morgan fingerprint density at radius 2 is 2.06 bits per heavy atom. The summed E-state index contributed by atoms with van der Waals surface area (Å²) in [6.07, 6.45) is 5.63. The number of aromatic nitrogens is 1. The van der Waals surface area contributed by atoms with Crippen molar-refractivity contribution < 1.29 is 0 Å². The minimum atomic E-state index is 0.446. The first-order chi connectivity index (χ1) is 7.84. The van der Waals surface area contributed by atoms with Gasteiger partial charge in [-0.25, -0.2) is 4.99 Å². The van der Waals surface area contributed by atoms with E-state index >= 15 is 0 Å². The van der Waals surface area contributed by atoms with E-state index in [9.17, 15) is 0 Å². The molecule has 0 atom stereocenters. The van der Waals surface area contributed by atoms with Crippen LogP contribution >= 0.6 is 0 Å². The molecule has 2 N–H and O–H groups in total. The van der Waals surface area contributed by atoms with Crippen molar-refractivity contribution in [2.45, 2.75) is 25.3 Å². The molecule has 1 heterocycles. The first kappa shape index (κ1) is 9.46. The molecule has 1 aliphatic rings. The highest BCUT2D eigenvalue weighted by Crippen LogP contribution is 2.22. The third kappa shape index (κ3) is 1.48. The van der Waals surface area contributed by atoms with E-state index in [4.69, 9.17) is 5.73 Å². The van der Waals surface area contributed by atoms with Crippen LogP contribution in [0.15, 0.2) is 41.5 Å². The summed E-state index contributed by atoms with van der Waals surface area (Å²) < 4.78 is 1.97. The molecule has 0 amide bonds. The molecule has 3 nitrogen and oxygen atoms in total. The Balaban J connectivity index is 2.01. The quantitative estimate of drug-likeness (QED) is 0.573. The van der Waals surface area contributed by atoms with Crippen molar-refractivity contribution in [2.24, 2.45) is 10.7 Å². The molecule has 0 saturated heterocycles. The topological polar surface area (TPSA) is 43.3 Å². The standard InChI is InChI=1S/C13H15N3/c14-13(15-11-5-3-6-11)16-9-8-10-4-1-2-7-12(10)16/h1-2,4,7-9,11H,3,5-6H2,(H2,14,15). The number of fused-ring (bicyclic) bond motifs is 1. The Bertz CT molecular complexity index is 535. The second kappa shape index (κ2) is 3.67. The summed E-state index contributed by atoms with van der Waals surface area (Å²) in [5, 5.41) is 1.20. The molecule has 0 unspecified atom stereocenters. The third-order valence-corrected chi connectivity index (χ3v) is 3.24. The molecule has 0 spiro atoms. The molecule has 1 aliphatic carbocycles. The summed E-state index contributed by atoms with van der Waals surface area (Å²) in [7, 11) is 0. The van der Waals surface area contributed by atoms with Gasteiger partial charge in [0.1, 0.15) is 0 Å². The summed E-state index contributed by atoms with van der Waals surface area (Å²) in [5.41, 5.74) is 7.16. The molecule has 0 bridgehead atoms. The number of nitrogens with zero attached hydrogens (tertiary/aromatic N) is 2. The monoisotopic (exact) mass is 213 g/mol. The van der Waals surface area contributed by atoms with Gasteiger partial charge in [0, 0.05) is 11.6 Å². The van der Waals surface area contributed by atoms with Gasteiger partial charge in [-0.2, -0.15) is 0 Å². The second-order valence-corrected chi connectivity index (χ2v) is 4.32. The highest BCUT2D eigenvalue weighted by molar-refractivity contribution is 5.93. The van der Waals surface area contributed by atoms with Gasteiger partial charge in [0.15, 0.2) is 5.96 Å². The Morgan fingerprint density at radius 3 is 2.81 bits per heavy atom. The van der Waals surface area contributed by atoms with Crippen LogP contribution in [0.3, 0.4) is 0 Å². The largest absolute Gasteiger partial charge is 0.369 e. The van der Waals surface area contributed by atoms with Crippen LogP contribution in [0.2, 0.25) is 0 Å². The van der Waals surface area contributed by atoms with Gasteiger partial charge in [0.2, 0.25) is 0 Å². The fourth-order valence-electron chi connectivity index (χ4n) is 2.05. The van der Waals surface area contributed by atoms with Gasteiger partial charge < -0.3 is 5.73 Å². The number of para-hydroxylation sites is 1. The van der Waals surface area contributed by atoms with E-state index in [0.717, 1.165) is 5.52 Å². The smallest absolute Gasteiger partial charge is 0.200 e. The van der Waals surface area contributed by atoms with E-state index in [1.54, 1.807) is 0 Å². The molecule has 3 heteroatoms. The van der Waals surface area contributed by atoms with Crippen LogP contribution in [0.4, 0.5) is 0 Å². The molecule has 2 aromatic rings. The minimum Gasteiger partial charge on any atom is -0.369 e. The molecule has 1 saturated carbocycles. The van der Waals surface area contributed by atoms with Crippen LogP contribution in [-0.4, -0.2) is 16.6 Å². The zero-order valence-electron chi connectivity index (χ0n) is 9.13. The lowest BCUT2D eigenvalue weighted by Gasteiger charge is -2.21. The summed E-state index contributed by atoms with van der Waals surface area (Å²) >= 11 is 0. The summed E-state index contributed by atoms with van der Waals surface area (Å²) in [5.74, 6) is 0.617. The molecule has 0 aliphatic heterocycles. The Kier molecular flexibility index (Phi) is 2.17. The highest BCUT2D eigenvalue weighted by Gasteiger charge is 2.17. The average Bonchev–Trinajstić information content (AvgIpc) is 2.67. The van der Waals surface area contributed by atoms with Crippen molar-refractivity contribution in [3.8, 4) is 0 Å².